The molecule has 0 spiro atoms. The van der Waals surface area contributed by atoms with E-state index in [1.54, 1.807) is 0 Å². The van der Waals surface area contributed by atoms with Crippen LogP contribution in [-0.4, -0.2) is 0 Å². The molecule has 1 saturated carbocycles. The van der Waals surface area contributed by atoms with Crippen LogP contribution in [0.1, 0.15) is 67.7 Å². The van der Waals surface area contributed by atoms with E-state index in [9.17, 15) is 0 Å². The standard InChI is InChI=1S/C16H32/c1-11(2)10-16(6,7)13(5)8-14-9-15(14)12(3)4/h11-15H,8-10H2,1-7H3. The van der Waals surface area contributed by atoms with Gasteiger partial charge in [-0.05, 0) is 54.3 Å². The average molecular weight is 224 g/mol. The van der Waals surface area contributed by atoms with Gasteiger partial charge >= 0.3 is 0 Å². The molecule has 1 fully saturated rings. The third-order valence-electron chi connectivity index (χ3n) is 4.76. The third-order valence-corrected chi connectivity index (χ3v) is 4.76. The van der Waals surface area contributed by atoms with E-state index >= 15 is 0 Å². The summed E-state index contributed by atoms with van der Waals surface area (Å²) in [6, 6.07) is 0. The Labute approximate surface area is 103 Å². The molecule has 3 unspecified atom stereocenters. The molecule has 96 valence electrons. The first kappa shape index (κ1) is 14.1. The zero-order chi connectivity index (χ0) is 12.5. The van der Waals surface area contributed by atoms with Gasteiger partial charge in [0, 0.05) is 0 Å². The Morgan fingerprint density at radius 3 is 2.00 bits per heavy atom. The molecule has 0 nitrogen and oxygen atoms in total. The Morgan fingerprint density at radius 1 is 1.06 bits per heavy atom. The Bertz CT molecular complexity index is 212. The van der Waals surface area contributed by atoms with Gasteiger partial charge in [-0.1, -0.05) is 48.5 Å². The minimum absolute atomic E-state index is 0.526. The van der Waals surface area contributed by atoms with Crippen molar-refractivity contribution in [3.8, 4) is 0 Å². The van der Waals surface area contributed by atoms with E-state index in [0.29, 0.717) is 5.41 Å². The van der Waals surface area contributed by atoms with Crippen LogP contribution in [0.3, 0.4) is 0 Å². The van der Waals surface area contributed by atoms with E-state index in [0.717, 1.165) is 29.6 Å². The smallest absolute Gasteiger partial charge is 0.0326 e. The molecule has 0 N–H and O–H groups in total. The normalized spacial score (nSPS) is 27.6. The first-order chi connectivity index (χ1) is 7.24. The van der Waals surface area contributed by atoms with Crippen molar-refractivity contribution in [2.24, 2.45) is 35.0 Å². The summed E-state index contributed by atoms with van der Waals surface area (Å²) in [5.74, 6) is 4.70. The highest BCUT2D eigenvalue weighted by Gasteiger charge is 2.41. The van der Waals surface area contributed by atoms with Gasteiger partial charge in [0.05, 0.1) is 0 Å². The van der Waals surface area contributed by atoms with E-state index in [4.69, 9.17) is 0 Å². The molecular weight excluding hydrogens is 192 g/mol. The second kappa shape index (κ2) is 5.10. The number of hydrogen-bond acceptors (Lipinski definition) is 0. The monoisotopic (exact) mass is 224 g/mol. The van der Waals surface area contributed by atoms with Crippen molar-refractivity contribution in [3.05, 3.63) is 0 Å². The summed E-state index contributed by atoms with van der Waals surface area (Å²) in [5.41, 5.74) is 0.526. The molecule has 0 aromatic rings. The molecule has 3 atom stereocenters. The van der Waals surface area contributed by atoms with E-state index in [1.807, 2.05) is 0 Å². The van der Waals surface area contributed by atoms with Crippen molar-refractivity contribution in [3.63, 3.8) is 0 Å². The van der Waals surface area contributed by atoms with Crippen molar-refractivity contribution >= 4 is 0 Å². The molecule has 16 heavy (non-hydrogen) atoms. The second-order valence-corrected chi connectivity index (χ2v) is 7.63. The lowest BCUT2D eigenvalue weighted by atomic mass is 9.72. The zero-order valence-corrected chi connectivity index (χ0v) is 12.5. The topological polar surface area (TPSA) is 0 Å². The number of rotatable bonds is 6. The van der Waals surface area contributed by atoms with Gasteiger partial charge in [-0.15, -0.1) is 0 Å². The summed E-state index contributed by atoms with van der Waals surface area (Å²) in [5, 5.41) is 0. The van der Waals surface area contributed by atoms with E-state index in [-0.39, 0.29) is 0 Å². The van der Waals surface area contributed by atoms with Crippen molar-refractivity contribution in [2.45, 2.75) is 67.7 Å². The molecule has 0 heteroatoms. The van der Waals surface area contributed by atoms with Crippen molar-refractivity contribution in [1.29, 1.82) is 0 Å². The maximum absolute atomic E-state index is 2.47. The molecule has 1 rings (SSSR count). The van der Waals surface area contributed by atoms with Crippen LogP contribution in [0.2, 0.25) is 0 Å². The van der Waals surface area contributed by atoms with Crippen LogP contribution in [0.4, 0.5) is 0 Å². The van der Waals surface area contributed by atoms with Crippen LogP contribution in [-0.2, 0) is 0 Å². The predicted molar refractivity (Wildman–Crippen MR) is 73.5 cm³/mol. The van der Waals surface area contributed by atoms with Crippen LogP contribution < -0.4 is 0 Å². The third kappa shape index (κ3) is 3.79. The van der Waals surface area contributed by atoms with Crippen molar-refractivity contribution in [1.82, 2.24) is 0 Å². The Balaban J connectivity index is 2.38. The highest BCUT2D eigenvalue weighted by molar-refractivity contribution is 4.91. The minimum atomic E-state index is 0.526. The largest absolute Gasteiger partial charge is 0.0628 e. The number of hydrogen-bond donors (Lipinski definition) is 0. The fraction of sp³-hybridized carbons (Fsp3) is 1.00. The Morgan fingerprint density at radius 2 is 1.62 bits per heavy atom. The lowest BCUT2D eigenvalue weighted by Gasteiger charge is -2.34. The van der Waals surface area contributed by atoms with Gasteiger partial charge < -0.3 is 0 Å². The van der Waals surface area contributed by atoms with Gasteiger partial charge in [0.25, 0.3) is 0 Å². The summed E-state index contributed by atoms with van der Waals surface area (Å²) in [6.45, 7) is 16.9. The van der Waals surface area contributed by atoms with Crippen LogP contribution in [0, 0.1) is 35.0 Å². The van der Waals surface area contributed by atoms with Gasteiger partial charge in [0.1, 0.15) is 0 Å². The molecule has 1 aliphatic rings. The van der Waals surface area contributed by atoms with Crippen LogP contribution in [0.15, 0.2) is 0 Å². The van der Waals surface area contributed by atoms with Gasteiger partial charge in [-0.2, -0.15) is 0 Å². The fourth-order valence-corrected chi connectivity index (χ4v) is 3.39. The molecule has 0 saturated heterocycles. The lowest BCUT2D eigenvalue weighted by Crippen LogP contribution is -2.24. The summed E-state index contributed by atoms with van der Waals surface area (Å²) in [7, 11) is 0. The molecule has 0 aromatic heterocycles. The molecule has 0 amide bonds. The van der Waals surface area contributed by atoms with Crippen LogP contribution in [0.25, 0.3) is 0 Å². The summed E-state index contributed by atoms with van der Waals surface area (Å²) >= 11 is 0. The van der Waals surface area contributed by atoms with Gasteiger partial charge in [-0.3, -0.25) is 0 Å². The van der Waals surface area contributed by atoms with Crippen molar-refractivity contribution < 1.29 is 0 Å². The Kier molecular flexibility index (Phi) is 4.49. The van der Waals surface area contributed by atoms with Crippen LogP contribution in [0.5, 0.6) is 0 Å². The minimum Gasteiger partial charge on any atom is -0.0628 e. The van der Waals surface area contributed by atoms with Crippen LogP contribution >= 0.6 is 0 Å². The van der Waals surface area contributed by atoms with E-state index in [1.165, 1.54) is 19.3 Å². The predicted octanol–water partition coefficient (Wildman–Crippen LogP) is 5.38. The molecular formula is C16H32. The summed E-state index contributed by atoms with van der Waals surface area (Å²) in [6.07, 6.45) is 4.33. The first-order valence-electron chi connectivity index (χ1n) is 7.24. The zero-order valence-electron chi connectivity index (χ0n) is 12.5. The summed E-state index contributed by atoms with van der Waals surface area (Å²) in [4.78, 5) is 0. The second-order valence-electron chi connectivity index (χ2n) is 7.63. The molecule has 0 aromatic carbocycles. The SMILES string of the molecule is CC(C)CC(C)(C)C(C)CC1CC1C(C)C. The first-order valence-corrected chi connectivity index (χ1v) is 7.24. The molecule has 1 aliphatic carbocycles. The lowest BCUT2D eigenvalue weighted by molar-refractivity contribution is 0.166. The highest BCUT2D eigenvalue weighted by Crippen LogP contribution is 2.50. The van der Waals surface area contributed by atoms with Crippen molar-refractivity contribution in [2.75, 3.05) is 0 Å². The average Bonchev–Trinajstić information content (AvgIpc) is 2.81. The van der Waals surface area contributed by atoms with E-state index in [2.05, 4.69) is 48.5 Å². The molecule has 0 heterocycles. The summed E-state index contributed by atoms with van der Waals surface area (Å²) < 4.78 is 0. The van der Waals surface area contributed by atoms with Gasteiger partial charge in [0.2, 0.25) is 0 Å². The molecule has 0 bridgehead atoms. The van der Waals surface area contributed by atoms with E-state index < -0.39 is 0 Å². The highest BCUT2D eigenvalue weighted by atomic mass is 14.5. The van der Waals surface area contributed by atoms with Gasteiger partial charge in [-0.25, -0.2) is 0 Å². The molecule has 0 aliphatic heterocycles. The Hall–Kier alpha value is 0. The molecule has 0 radical (unpaired) electrons. The fourth-order valence-electron chi connectivity index (χ4n) is 3.39. The maximum atomic E-state index is 2.47. The quantitative estimate of drug-likeness (QED) is 0.568. The van der Waals surface area contributed by atoms with Gasteiger partial charge in [0.15, 0.2) is 0 Å². The maximum Gasteiger partial charge on any atom is -0.0326 e.